The second kappa shape index (κ2) is 5.57. The Morgan fingerprint density at radius 1 is 1.56 bits per heavy atom. The number of amides is 1. The molecule has 98 valence electrons. The third kappa shape index (κ3) is 3.03. The van der Waals surface area contributed by atoms with E-state index in [-0.39, 0.29) is 6.04 Å². The van der Waals surface area contributed by atoms with Gasteiger partial charge in [0, 0.05) is 13.1 Å². The van der Waals surface area contributed by atoms with E-state index >= 15 is 0 Å². The minimum absolute atomic E-state index is 0.0134. The number of hydrogen-bond donors (Lipinski definition) is 3. The lowest BCUT2D eigenvalue weighted by Gasteiger charge is -2.33. The van der Waals surface area contributed by atoms with Crippen LogP contribution in [-0.2, 0) is 0 Å². The normalized spacial score (nSPS) is 19.6. The van der Waals surface area contributed by atoms with Crippen LogP contribution in [0.4, 0.5) is 16.4 Å². The van der Waals surface area contributed by atoms with E-state index in [4.69, 9.17) is 10.8 Å². The van der Waals surface area contributed by atoms with E-state index in [2.05, 4.69) is 10.3 Å². The summed E-state index contributed by atoms with van der Waals surface area (Å²) in [4.78, 5) is 16.7. The van der Waals surface area contributed by atoms with Crippen molar-refractivity contribution in [3.8, 4) is 0 Å². The molecule has 0 saturated carbocycles. The second-order valence-corrected chi connectivity index (χ2v) is 4.45. The molecule has 1 aromatic heterocycles. The average molecular weight is 250 g/mol. The summed E-state index contributed by atoms with van der Waals surface area (Å²) in [6.07, 6.45) is 2.06. The summed E-state index contributed by atoms with van der Waals surface area (Å²) in [5, 5.41) is 12.3. The van der Waals surface area contributed by atoms with Crippen LogP contribution in [0, 0.1) is 0 Å². The highest BCUT2D eigenvalue weighted by molar-refractivity contribution is 5.65. The molecule has 1 aromatic rings. The van der Waals surface area contributed by atoms with E-state index in [9.17, 15) is 4.79 Å². The molecule has 0 aliphatic carbocycles. The molecule has 18 heavy (non-hydrogen) atoms. The number of piperidine rings is 1. The molecular formula is C12H18N4O2. The van der Waals surface area contributed by atoms with Gasteiger partial charge in [-0.1, -0.05) is 6.07 Å². The van der Waals surface area contributed by atoms with Gasteiger partial charge < -0.3 is 21.1 Å². The van der Waals surface area contributed by atoms with E-state index in [0.717, 1.165) is 19.3 Å². The van der Waals surface area contributed by atoms with Gasteiger partial charge in [-0.3, -0.25) is 0 Å². The molecule has 0 radical (unpaired) electrons. The highest BCUT2D eigenvalue weighted by atomic mass is 16.4. The number of carbonyl (C=O) groups is 1. The fourth-order valence-corrected chi connectivity index (χ4v) is 2.24. The standard InChI is InChI=1S/C12H18N4O2/c13-10-5-3-6-11(15-10)14-8-9-4-1-2-7-16(9)12(17)18/h3,5-6,9H,1-2,4,7-8H2,(H,17,18)(H3,13,14,15). The van der Waals surface area contributed by atoms with Crippen molar-refractivity contribution in [1.29, 1.82) is 0 Å². The number of nitrogen functional groups attached to an aromatic ring is 1. The van der Waals surface area contributed by atoms with Crippen LogP contribution in [0.3, 0.4) is 0 Å². The molecule has 1 saturated heterocycles. The first-order chi connectivity index (χ1) is 8.66. The molecule has 1 aliphatic rings. The maximum Gasteiger partial charge on any atom is 0.407 e. The number of nitrogens with zero attached hydrogens (tertiary/aromatic N) is 2. The van der Waals surface area contributed by atoms with E-state index in [1.807, 2.05) is 12.1 Å². The molecule has 6 nitrogen and oxygen atoms in total. The van der Waals surface area contributed by atoms with Crippen molar-refractivity contribution in [1.82, 2.24) is 9.88 Å². The Balaban J connectivity index is 1.93. The molecule has 1 unspecified atom stereocenters. The predicted octanol–water partition coefficient (Wildman–Crippen LogP) is 1.61. The van der Waals surface area contributed by atoms with Crippen LogP contribution >= 0.6 is 0 Å². The average Bonchev–Trinajstić information content (AvgIpc) is 2.37. The van der Waals surface area contributed by atoms with Gasteiger partial charge in [0.15, 0.2) is 0 Å². The first-order valence-electron chi connectivity index (χ1n) is 6.13. The first-order valence-corrected chi connectivity index (χ1v) is 6.13. The molecule has 1 aliphatic heterocycles. The van der Waals surface area contributed by atoms with Crippen LogP contribution in [0.5, 0.6) is 0 Å². The van der Waals surface area contributed by atoms with E-state index in [1.165, 1.54) is 4.90 Å². The molecule has 4 N–H and O–H groups in total. The SMILES string of the molecule is Nc1cccc(NCC2CCCCN2C(=O)O)n1. The van der Waals surface area contributed by atoms with Gasteiger partial charge in [-0.2, -0.15) is 0 Å². The van der Waals surface area contributed by atoms with Gasteiger partial charge in [-0.25, -0.2) is 9.78 Å². The van der Waals surface area contributed by atoms with Crippen molar-refractivity contribution in [3.05, 3.63) is 18.2 Å². The van der Waals surface area contributed by atoms with Crippen LogP contribution in [0.15, 0.2) is 18.2 Å². The minimum Gasteiger partial charge on any atom is -0.465 e. The van der Waals surface area contributed by atoms with Crippen molar-refractivity contribution in [2.45, 2.75) is 25.3 Å². The molecule has 2 rings (SSSR count). The number of likely N-dealkylation sites (tertiary alicyclic amines) is 1. The van der Waals surface area contributed by atoms with Gasteiger partial charge in [-0.05, 0) is 31.4 Å². The van der Waals surface area contributed by atoms with Crippen LogP contribution in [0.1, 0.15) is 19.3 Å². The Morgan fingerprint density at radius 2 is 2.39 bits per heavy atom. The Bertz CT molecular complexity index is 424. The topological polar surface area (TPSA) is 91.5 Å². The van der Waals surface area contributed by atoms with Gasteiger partial charge in [0.05, 0.1) is 6.04 Å². The molecule has 6 heteroatoms. The van der Waals surface area contributed by atoms with E-state index in [1.54, 1.807) is 6.07 Å². The molecule has 2 heterocycles. The van der Waals surface area contributed by atoms with Crippen LogP contribution < -0.4 is 11.1 Å². The summed E-state index contributed by atoms with van der Waals surface area (Å²) in [6.45, 7) is 1.19. The lowest BCUT2D eigenvalue weighted by Crippen LogP contribution is -2.46. The van der Waals surface area contributed by atoms with Gasteiger partial charge in [0.25, 0.3) is 0 Å². The second-order valence-electron chi connectivity index (χ2n) is 4.45. The summed E-state index contributed by atoms with van der Waals surface area (Å²) in [7, 11) is 0. The highest BCUT2D eigenvalue weighted by Crippen LogP contribution is 2.17. The Hall–Kier alpha value is -1.98. The summed E-state index contributed by atoms with van der Waals surface area (Å²) in [5.74, 6) is 1.14. The number of hydrogen-bond acceptors (Lipinski definition) is 4. The fraction of sp³-hybridized carbons (Fsp3) is 0.500. The zero-order valence-corrected chi connectivity index (χ0v) is 10.2. The monoisotopic (exact) mass is 250 g/mol. The molecule has 1 fully saturated rings. The number of carboxylic acid groups (broad SMARTS) is 1. The van der Waals surface area contributed by atoms with Crippen molar-refractivity contribution >= 4 is 17.7 Å². The fourth-order valence-electron chi connectivity index (χ4n) is 2.24. The van der Waals surface area contributed by atoms with Gasteiger partial charge in [-0.15, -0.1) is 0 Å². The molecule has 1 atom stereocenters. The zero-order chi connectivity index (χ0) is 13.0. The molecular weight excluding hydrogens is 232 g/mol. The third-order valence-corrected chi connectivity index (χ3v) is 3.16. The summed E-state index contributed by atoms with van der Waals surface area (Å²) in [5.41, 5.74) is 5.59. The Morgan fingerprint density at radius 3 is 3.11 bits per heavy atom. The number of anilines is 2. The summed E-state index contributed by atoms with van der Waals surface area (Å²) in [6, 6.07) is 5.37. The lowest BCUT2D eigenvalue weighted by molar-refractivity contribution is 0.110. The molecule has 0 spiro atoms. The maximum absolute atomic E-state index is 11.1. The molecule has 0 aromatic carbocycles. The summed E-state index contributed by atoms with van der Waals surface area (Å²) >= 11 is 0. The third-order valence-electron chi connectivity index (χ3n) is 3.16. The predicted molar refractivity (Wildman–Crippen MR) is 69.5 cm³/mol. The quantitative estimate of drug-likeness (QED) is 0.758. The number of aromatic nitrogens is 1. The largest absolute Gasteiger partial charge is 0.465 e. The van der Waals surface area contributed by atoms with Crippen molar-refractivity contribution in [2.24, 2.45) is 0 Å². The van der Waals surface area contributed by atoms with Crippen molar-refractivity contribution in [2.75, 3.05) is 24.1 Å². The van der Waals surface area contributed by atoms with Gasteiger partial charge >= 0.3 is 6.09 Å². The van der Waals surface area contributed by atoms with E-state index in [0.29, 0.717) is 24.7 Å². The van der Waals surface area contributed by atoms with Gasteiger partial charge in [0.2, 0.25) is 0 Å². The number of nitrogens with two attached hydrogens (primary N) is 1. The summed E-state index contributed by atoms with van der Waals surface area (Å²) < 4.78 is 0. The van der Waals surface area contributed by atoms with Crippen LogP contribution in [0.2, 0.25) is 0 Å². The first kappa shape index (κ1) is 12.5. The van der Waals surface area contributed by atoms with Gasteiger partial charge in [0.1, 0.15) is 11.6 Å². The molecule has 1 amide bonds. The molecule has 0 bridgehead atoms. The van der Waals surface area contributed by atoms with Crippen LogP contribution in [-0.4, -0.2) is 40.2 Å². The van der Waals surface area contributed by atoms with E-state index < -0.39 is 6.09 Å². The maximum atomic E-state index is 11.1. The number of pyridine rings is 1. The smallest absolute Gasteiger partial charge is 0.407 e. The van der Waals surface area contributed by atoms with Crippen molar-refractivity contribution < 1.29 is 9.90 Å². The Labute approximate surface area is 106 Å². The zero-order valence-electron chi connectivity index (χ0n) is 10.2. The highest BCUT2D eigenvalue weighted by Gasteiger charge is 2.25. The Kier molecular flexibility index (Phi) is 3.86. The van der Waals surface area contributed by atoms with Crippen molar-refractivity contribution in [3.63, 3.8) is 0 Å². The van der Waals surface area contributed by atoms with Crippen LogP contribution in [0.25, 0.3) is 0 Å². The number of rotatable bonds is 3. The lowest BCUT2D eigenvalue weighted by atomic mass is 10.0. The number of nitrogens with one attached hydrogen (secondary N) is 1. The minimum atomic E-state index is -0.845.